The summed E-state index contributed by atoms with van der Waals surface area (Å²) < 4.78 is 29.0. The van der Waals surface area contributed by atoms with E-state index in [2.05, 4.69) is 10.4 Å². The minimum atomic E-state index is -3.51. The average molecular weight is 405 g/mol. The zero-order valence-corrected chi connectivity index (χ0v) is 17.3. The molecule has 1 amide bonds. The topological polar surface area (TPSA) is 84.3 Å². The van der Waals surface area contributed by atoms with Crippen LogP contribution in [0.5, 0.6) is 0 Å². The maximum Gasteiger partial charge on any atom is 0.246 e. The van der Waals surface area contributed by atoms with E-state index >= 15 is 0 Å². The molecule has 1 N–H and O–H groups in total. The van der Waals surface area contributed by atoms with Gasteiger partial charge in [0.25, 0.3) is 0 Å². The SMILES string of the molecule is Cc1nn(CCC(=O)NCCc2ccccc2)c(C)c1S(=O)(=O)N1CCCC1. The largest absolute Gasteiger partial charge is 0.356 e. The molecule has 2 heterocycles. The quantitative estimate of drug-likeness (QED) is 0.730. The molecule has 1 aromatic heterocycles. The third-order valence-electron chi connectivity index (χ3n) is 5.11. The van der Waals surface area contributed by atoms with Crippen LogP contribution in [0.15, 0.2) is 35.2 Å². The van der Waals surface area contributed by atoms with Crippen molar-refractivity contribution in [1.82, 2.24) is 19.4 Å². The van der Waals surface area contributed by atoms with E-state index in [9.17, 15) is 13.2 Å². The van der Waals surface area contributed by atoms with Gasteiger partial charge < -0.3 is 5.32 Å². The molecule has 0 bridgehead atoms. The second-order valence-electron chi connectivity index (χ2n) is 7.17. The number of rotatable bonds is 8. The molecule has 0 aliphatic carbocycles. The number of carbonyl (C=O) groups is 1. The Kier molecular flexibility index (Phi) is 6.51. The van der Waals surface area contributed by atoms with Crippen LogP contribution in [0, 0.1) is 13.8 Å². The van der Waals surface area contributed by atoms with Crippen molar-refractivity contribution in [3.63, 3.8) is 0 Å². The van der Waals surface area contributed by atoms with Crippen LogP contribution in [-0.4, -0.2) is 48.0 Å². The van der Waals surface area contributed by atoms with E-state index < -0.39 is 10.0 Å². The highest BCUT2D eigenvalue weighted by molar-refractivity contribution is 7.89. The van der Waals surface area contributed by atoms with E-state index in [-0.39, 0.29) is 12.3 Å². The van der Waals surface area contributed by atoms with Gasteiger partial charge in [-0.15, -0.1) is 0 Å². The fourth-order valence-electron chi connectivity index (χ4n) is 3.62. The van der Waals surface area contributed by atoms with Gasteiger partial charge >= 0.3 is 0 Å². The summed E-state index contributed by atoms with van der Waals surface area (Å²) in [6.45, 7) is 5.54. The highest BCUT2D eigenvalue weighted by Gasteiger charge is 2.32. The van der Waals surface area contributed by atoms with Crippen molar-refractivity contribution < 1.29 is 13.2 Å². The molecule has 0 spiro atoms. The number of nitrogens with one attached hydrogen (secondary N) is 1. The Hall–Kier alpha value is -2.19. The van der Waals surface area contributed by atoms with Crippen molar-refractivity contribution in [3.05, 3.63) is 47.3 Å². The van der Waals surface area contributed by atoms with Gasteiger partial charge in [-0.3, -0.25) is 9.48 Å². The number of benzene rings is 1. The van der Waals surface area contributed by atoms with Crippen LogP contribution in [0.1, 0.15) is 36.2 Å². The van der Waals surface area contributed by atoms with Crippen LogP contribution in [-0.2, 0) is 27.8 Å². The maximum atomic E-state index is 12.9. The van der Waals surface area contributed by atoms with Crippen LogP contribution >= 0.6 is 0 Å². The number of aryl methyl sites for hydroxylation is 2. The number of sulfonamides is 1. The summed E-state index contributed by atoms with van der Waals surface area (Å²) >= 11 is 0. The fraction of sp³-hybridized carbons (Fsp3) is 0.500. The van der Waals surface area contributed by atoms with Gasteiger partial charge in [0, 0.05) is 26.1 Å². The van der Waals surface area contributed by atoms with Gasteiger partial charge in [0.15, 0.2) is 0 Å². The van der Waals surface area contributed by atoms with Crippen LogP contribution in [0.25, 0.3) is 0 Å². The van der Waals surface area contributed by atoms with Crippen LogP contribution < -0.4 is 5.32 Å². The minimum Gasteiger partial charge on any atom is -0.356 e. The third-order valence-corrected chi connectivity index (χ3v) is 7.26. The highest BCUT2D eigenvalue weighted by Crippen LogP contribution is 2.26. The number of carbonyl (C=O) groups excluding carboxylic acids is 1. The molecular weight excluding hydrogens is 376 g/mol. The zero-order chi connectivity index (χ0) is 20.1. The molecule has 0 saturated carbocycles. The zero-order valence-electron chi connectivity index (χ0n) is 16.5. The first-order valence-corrected chi connectivity index (χ1v) is 11.2. The molecule has 8 heteroatoms. The second kappa shape index (κ2) is 8.87. The van der Waals surface area contributed by atoms with Gasteiger partial charge in [-0.2, -0.15) is 9.40 Å². The van der Waals surface area contributed by atoms with Crippen LogP contribution in [0.3, 0.4) is 0 Å². The summed E-state index contributed by atoms with van der Waals surface area (Å²) in [5.41, 5.74) is 2.27. The molecule has 1 fully saturated rings. The Bertz CT molecular complexity index is 916. The molecule has 1 aliphatic heterocycles. The molecule has 1 aromatic carbocycles. The van der Waals surface area contributed by atoms with Crippen molar-refractivity contribution >= 4 is 15.9 Å². The summed E-state index contributed by atoms with van der Waals surface area (Å²) in [7, 11) is -3.51. The minimum absolute atomic E-state index is 0.0626. The first kappa shape index (κ1) is 20.5. The Morgan fingerprint density at radius 1 is 1.14 bits per heavy atom. The van der Waals surface area contributed by atoms with Crippen molar-refractivity contribution in [1.29, 1.82) is 0 Å². The number of amides is 1. The molecule has 2 aromatic rings. The van der Waals surface area contributed by atoms with E-state index in [0.717, 1.165) is 19.3 Å². The van der Waals surface area contributed by atoms with Gasteiger partial charge in [-0.05, 0) is 38.7 Å². The standard InChI is InChI=1S/C20H28N4O3S/c1-16-20(28(26,27)23-13-6-7-14-23)17(2)24(22-16)15-11-19(25)21-12-10-18-8-4-3-5-9-18/h3-5,8-9H,6-7,10-15H2,1-2H3,(H,21,25). The molecule has 7 nitrogen and oxygen atoms in total. The predicted molar refractivity (Wildman–Crippen MR) is 107 cm³/mol. The van der Waals surface area contributed by atoms with Gasteiger partial charge in [-0.25, -0.2) is 8.42 Å². The number of hydrogen-bond acceptors (Lipinski definition) is 4. The van der Waals surface area contributed by atoms with E-state index in [1.165, 1.54) is 9.87 Å². The van der Waals surface area contributed by atoms with Gasteiger partial charge in [-0.1, -0.05) is 30.3 Å². The van der Waals surface area contributed by atoms with Crippen molar-refractivity contribution in [3.8, 4) is 0 Å². The smallest absolute Gasteiger partial charge is 0.246 e. The first-order chi connectivity index (χ1) is 13.4. The Morgan fingerprint density at radius 3 is 2.50 bits per heavy atom. The molecule has 28 heavy (non-hydrogen) atoms. The highest BCUT2D eigenvalue weighted by atomic mass is 32.2. The molecule has 0 radical (unpaired) electrons. The molecule has 0 unspecified atom stereocenters. The van der Waals surface area contributed by atoms with Crippen molar-refractivity contribution in [2.75, 3.05) is 19.6 Å². The van der Waals surface area contributed by atoms with Crippen LogP contribution in [0.4, 0.5) is 0 Å². The monoisotopic (exact) mass is 404 g/mol. The van der Waals surface area contributed by atoms with E-state index in [1.54, 1.807) is 18.5 Å². The van der Waals surface area contributed by atoms with E-state index in [4.69, 9.17) is 0 Å². The number of hydrogen-bond donors (Lipinski definition) is 1. The fourth-order valence-corrected chi connectivity index (χ4v) is 5.51. The van der Waals surface area contributed by atoms with Crippen molar-refractivity contribution in [2.24, 2.45) is 0 Å². The Labute approximate surface area is 166 Å². The lowest BCUT2D eigenvalue weighted by molar-refractivity contribution is -0.121. The second-order valence-corrected chi connectivity index (χ2v) is 9.04. The lowest BCUT2D eigenvalue weighted by Crippen LogP contribution is -2.29. The molecule has 1 aliphatic rings. The summed E-state index contributed by atoms with van der Waals surface area (Å²) in [5, 5.41) is 7.29. The third kappa shape index (κ3) is 4.62. The number of aromatic nitrogens is 2. The summed E-state index contributed by atoms with van der Waals surface area (Å²) in [6, 6.07) is 9.99. The molecule has 3 rings (SSSR count). The Morgan fingerprint density at radius 2 is 1.82 bits per heavy atom. The normalized spacial score (nSPS) is 15.1. The Balaban J connectivity index is 1.57. The molecular formula is C20H28N4O3S. The summed E-state index contributed by atoms with van der Waals surface area (Å²) in [5.74, 6) is -0.0626. The number of nitrogens with zero attached hydrogens (tertiary/aromatic N) is 3. The van der Waals surface area contributed by atoms with Crippen molar-refractivity contribution in [2.45, 2.75) is 51.0 Å². The maximum absolute atomic E-state index is 12.9. The van der Waals surface area contributed by atoms with E-state index in [1.807, 2.05) is 30.3 Å². The molecule has 0 atom stereocenters. The predicted octanol–water partition coefficient (Wildman–Crippen LogP) is 2.03. The lowest BCUT2D eigenvalue weighted by Gasteiger charge is -2.15. The molecule has 1 saturated heterocycles. The summed E-state index contributed by atoms with van der Waals surface area (Å²) in [4.78, 5) is 12.4. The van der Waals surface area contributed by atoms with Gasteiger partial charge in [0.05, 0.1) is 17.9 Å². The average Bonchev–Trinajstić information content (AvgIpc) is 3.30. The summed E-state index contributed by atoms with van der Waals surface area (Å²) in [6.07, 6.45) is 2.84. The van der Waals surface area contributed by atoms with Gasteiger partial charge in [0.1, 0.15) is 4.90 Å². The molecule has 152 valence electrons. The van der Waals surface area contributed by atoms with E-state index in [0.29, 0.717) is 42.5 Å². The van der Waals surface area contributed by atoms with Gasteiger partial charge in [0.2, 0.25) is 15.9 Å². The van der Waals surface area contributed by atoms with Crippen LogP contribution in [0.2, 0.25) is 0 Å². The lowest BCUT2D eigenvalue weighted by atomic mass is 10.1. The first-order valence-electron chi connectivity index (χ1n) is 9.74.